The molecule has 0 saturated heterocycles. The van der Waals surface area contributed by atoms with Crippen LogP contribution in [-0.4, -0.2) is 18.5 Å². The summed E-state index contributed by atoms with van der Waals surface area (Å²) in [6, 6.07) is 2.06. The van der Waals surface area contributed by atoms with Crippen LogP contribution in [0.1, 0.15) is 79.6 Å². The number of nitriles is 1. The third kappa shape index (κ3) is 5.97. The summed E-state index contributed by atoms with van der Waals surface area (Å²) in [5.74, 6) is -0.563. The molecule has 1 aromatic heterocycles. The van der Waals surface area contributed by atoms with E-state index in [1.807, 2.05) is 0 Å². The second-order valence-electron chi connectivity index (χ2n) is 5.66. The van der Waals surface area contributed by atoms with E-state index in [1.54, 1.807) is 13.8 Å². The number of amides is 1. The number of esters is 1. The van der Waals surface area contributed by atoms with Crippen LogP contribution in [0.25, 0.3) is 0 Å². The second kappa shape index (κ2) is 10.8. The quantitative estimate of drug-likeness (QED) is 0.486. The van der Waals surface area contributed by atoms with Gasteiger partial charge >= 0.3 is 5.97 Å². The fourth-order valence-corrected chi connectivity index (χ4v) is 3.45. The third-order valence-corrected chi connectivity index (χ3v) is 4.92. The lowest BCUT2D eigenvalue weighted by Gasteiger charge is -2.03. The van der Waals surface area contributed by atoms with E-state index in [4.69, 9.17) is 4.74 Å². The van der Waals surface area contributed by atoms with E-state index in [1.165, 1.54) is 19.3 Å². The Hall–Kier alpha value is -1.87. The predicted octanol–water partition coefficient (Wildman–Crippen LogP) is 4.79. The molecule has 1 N–H and O–H groups in total. The smallest absolute Gasteiger partial charge is 0.348 e. The molecule has 0 unspecified atom stereocenters. The van der Waals surface area contributed by atoms with Crippen LogP contribution in [0.3, 0.4) is 0 Å². The SMILES string of the molecule is CCCCCCCCC(=O)Nc1sc(C(=O)OCC)c(C)c1C#N. The van der Waals surface area contributed by atoms with E-state index >= 15 is 0 Å². The molecule has 0 aliphatic rings. The summed E-state index contributed by atoms with van der Waals surface area (Å²) in [4.78, 5) is 24.3. The zero-order valence-electron chi connectivity index (χ0n) is 14.7. The van der Waals surface area contributed by atoms with Gasteiger partial charge in [0.15, 0.2) is 0 Å². The van der Waals surface area contributed by atoms with Crippen LogP contribution in [0.5, 0.6) is 0 Å². The predicted molar refractivity (Wildman–Crippen MR) is 96.4 cm³/mol. The number of carbonyl (C=O) groups is 2. The Morgan fingerprint density at radius 3 is 2.46 bits per heavy atom. The molecular formula is C18H26N2O3S. The number of hydrogen-bond donors (Lipinski definition) is 1. The van der Waals surface area contributed by atoms with Crippen molar-refractivity contribution in [1.29, 1.82) is 5.26 Å². The maximum absolute atomic E-state index is 12.1. The van der Waals surface area contributed by atoms with Gasteiger partial charge in [-0.15, -0.1) is 11.3 Å². The number of ether oxygens (including phenoxy) is 1. The lowest BCUT2D eigenvalue weighted by atomic mass is 10.1. The summed E-state index contributed by atoms with van der Waals surface area (Å²) < 4.78 is 4.99. The molecule has 0 aliphatic carbocycles. The van der Waals surface area contributed by atoms with Crippen molar-refractivity contribution in [3.8, 4) is 6.07 Å². The van der Waals surface area contributed by atoms with Crippen molar-refractivity contribution >= 4 is 28.2 Å². The van der Waals surface area contributed by atoms with Crippen LogP contribution in [-0.2, 0) is 9.53 Å². The molecule has 24 heavy (non-hydrogen) atoms. The number of anilines is 1. The van der Waals surface area contributed by atoms with Crippen molar-refractivity contribution in [2.45, 2.75) is 65.7 Å². The Bertz CT molecular complexity index is 602. The summed E-state index contributed by atoms with van der Waals surface area (Å²) in [7, 11) is 0. The normalized spacial score (nSPS) is 10.2. The molecule has 1 amide bonds. The molecule has 0 atom stereocenters. The average molecular weight is 350 g/mol. The minimum atomic E-state index is -0.451. The molecule has 6 heteroatoms. The lowest BCUT2D eigenvalue weighted by molar-refractivity contribution is -0.116. The summed E-state index contributed by atoms with van der Waals surface area (Å²) >= 11 is 1.11. The highest BCUT2D eigenvalue weighted by molar-refractivity contribution is 7.18. The first-order valence-electron chi connectivity index (χ1n) is 8.55. The van der Waals surface area contributed by atoms with Crippen LogP contribution in [0, 0.1) is 18.3 Å². The fraction of sp³-hybridized carbons (Fsp3) is 0.611. The van der Waals surface area contributed by atoms with E-state index in [-0.39, 0.29) is 12.5 Å². The highest BCUT2D eigenvalue weighted by atomic mass is 32.1. The number of nitrogens with zero attached hydrogens (tertiary/aromatic N) is 1. The largest absolute Gasteiger partial charge is 0.462 e. The lowest BCUT2D eigenvalue weighted by Crippen LogP contribution is -2.10. The fourth-order valence-electron chi connectivity index (χ4n) is 2.38. The van der Waals surface area contributed by atoms with Gasteiger partial charge in [-0.25, -0.2) is 4.79 Å². The van der Waals surface area contributed by atoms with Crippen LogP contribution < -0.4 is 5.32 Å². The van der Waals surface area contributed by atoms with Gasteiger partial charge in [-0.1, -0.05) is 39.0 Å². The van der Waals surface area contributed by atoms with Crippen LogP contribution in [0.4, 0.5) is 5.00 Å². The standard InChI is InChI=1S/C18H26N2O3S/c1-4-6-7-8-9-10-11-15(21)20-17-14(12-19)13(3)16(24-17)18(22)23-5-2/h4-11H2,1-3H3,(H,20,21). The minimum Gasteiger partial charge on any atom is -0.462 e. The Morgan fingerprint density at radius 1 is 1.17 bits per heavy atom. The Labute approximate surface area is 148 Å². The molecule has 1 rings (SSSR count). The molecule has 0 saturated carbocycles. The Morgan fingerprint density at radius 2 is 1.83 bits per heavy atom. The third-order valence-electron chi connectivity index (χ3n) is 3.73. The van der Waals surface area contributed by atoms with Crippen molar-refractivity contribution in [1.82, 2.24) is 0 Å². The van der Waals surface area contributed by atoms with Gasteiger partial charge in [0.05, 0.1) is 12.2 Å². The first-order chi connectivity index (χ1) is 11.5. The molecule has 0 aromatic carbocycles. The van der Waals surface area contributed by atoms with Crippen molar-refractivity contribution in [2.24, 2.45) is 0 Å². The van der Waals surface area contributed by atoms with Gasteiger partial charge in [-0.3, -0.25) is 4.79 Å². The molecule has 0 radical (unpaired) electrons. The van der Waals surface area contributed by atoms with Crippen molar-refractivity contribution in [3.63, 3.8) is 0 Å². The average Bonchev–Trinajstić information content (AvgIpc) is 2.86. The Kier molecular flexibility index (Phi) is 9.10. The van der Waals surface area contributed by atoms with Gasteiger partial charge in [0, 0.05) is 6.42 Å². The molecule has 5 nitrogen and oxygen atoms in total. The summed E-state index contributed by atoms with van der Waals surface area (Å²) in [6.07, 6.45) is 7.12. The highest BCUT2D eigenvalue weighted by Gasteiger charge is 2.22. The zero-order valence-corrected chi connectivity index (χ0v) is 15.6. The molecule has 0 bridgehead atoms. The van der Waals surface area contributed by atoms with E-state index in [9.17, 15) is 14.9 Å². The molecule has 0 fully saturated rings. The molecular weight excluding hydrogens is 324 g/mol. The van der Waals surface area contributed by atoms with Gasteiger partial charge in [0.1, 0.15) is 15.9 Å². The van der Waals surface area contributed by atoms with Gasteiger partial charge in [-0.2, -0.15) is 5.26 Å². The van der Waals surface area contributed by atoms with E-state index in [0.29, 0.717) is 27.4 Å². The van der Waals surface area contributed by atoms with E-state index in [0.717, 1.165) is 30.6 Å². The topological polar surface area (TPSA) is 79.2 Å². The van der Waals surface area contributed by atoms with Gasteiger partial charge in [-0.05, 0) is 25.8 Å². The van der Waals surface area contributed by atoms with Crippen molar-refractivity contribution < 1.29 is 14.3 Å². The van der Waals surface area contributed by atoms with Gasteiger partial charge < -0.3 is 10.1 Å². The molecule has 0 aliphatic heterocycles. The first-order valence-corrected chi connectivity index (χ1v) is 9.37. The number of thiophene rings is 1. The van der Waals surface area contributed by atoms with Crippen LogP contribution in [0.2, 0.25) is 0 Å². The maximum atomic E-state index is 12.1. The molecule has 1 heterocycles. The molecule has 1 aromatic rings. The minimum absolute atomic E-state index is 0.112. The van der Waals surface area contributed by atoms with Crippen molar-refractivity contribution in [2.75, 3.05) is 11.9 Å². The zero-order chi connectivity index (χ0) is 17.9. The number of carbonyl (C=O) groups excluding carboxylic acids is 2. The van der Waals surface area contributed by atoms with Crippen molar-refractivity contribution in [3.05, 3.63) is 16.0 Å². The van der Waals surface area contributed by atoms with E-state index < -0.39 is 5.97 Å². The number of nitrogens with one attached hydrogen (secondary N) is 1. The highest BCUT2D eigenvalue weighted by Crippen LogP contribution is 2.33. The second-order valence-corrected chi connectivity index (χ2v) is 6.68. The van der Waals surface area contributed by atoms with E-state index in [2.05, 4.69) is 18.3 Å². The maximum Gasteiger partial charge on any atom is 0.348 e. The van der Waals surface area contributed by atoms with Crippen LogP contribution in [0.15, 0.2) is 0 Å². The summed E-state index contributed by atoms with van der Waals surface area (Å²) in [6.45, 7) is 5.88. The Balaban J connectivity index is 2.60. The molecule has 0 spiro atoms. The van der Waals surface area contributed by atoms with Crippen LogP contribution >= 0.6 is 11.3 Å². The number of unbranched alkanes of at least 4 members (excludes halogenated alkanes) is 5. The number of rotatable bonds is 10. The first kappa shape index (κ1) is 20.2. The number of hydrogen-bond acceptors (Lipinski definition) is 5. The van der Waals surface area contributed by atoms with Gasteiger partial charge in [0.25, 0.3) is 0 Å². The summed E-state index contributed by atoms with van der Waals surface area (Å²) in [5.41, 5.74) is 0.912. The molecule has 132 valence electrons. The van der Waals surface area contributed by atoms with Gasteiger partial charge in [0.2, 0.25) is 5.91 Å². The monoisotopic (exact) mass is 350 g/mol. The summed E-state index contributed by atoms with van der Waals surface area (Å²) in [5, 5.41) is 12.5.